The van der Waals surface area contributed by atoms with E-state index in [1.165, 1.54) is 11.8 Å². The van der Waals surface area contributed by atoms with E-state index in [4.69, 9.17) is 0 Å². The molecule has 1 amide bonds. The van der Waals surface area contributed by atoms with Gasteiger partial charge in [-0.05, 0) is 12.1 Å². The van der Waals surface area contributed by atoms with Crippen molar-refractivity contribution < 1.29 is 18.1 Å². The second-order valence-corrected chi connectivity index (χ2v) is 5.86. The van der Waals surface area contributed by atoms with Gasteiger partial charge in [0.15, 0.2) is 0 Å². The Labute approximate surface area is 116 Å². The summed E-state index contributed by atoms with van der Waals surface area (Å²) in [6.07, 6.45) is 0. The van der Waals surface area contributed by atoms with E-state index in [0.29, 0.717) is 0 Å². The minimum atomic E-state index is -3.73. The van der Waals surface area contributed by atoms with Gasteiger partial charge < -0.3 is 4.90 Å². The van der Waals surface area contributed by atoms with Gasteiger partial charge in [-0.1, -0.05) is 0 Å². The Balaban J connectivity index is 2.69. The van der Waals surface area contributed by atoms with Gasteiger partial charge in [-0.2, -0.15) is 0 Å². The van der Waals surface area contributed by atoms with Gasteiger partial charge in [0.05, 0.1) is 9.82 Å². The van der Waals surface area contributed by atoms with Crippen molar-refractivity contribution in [3.8, 4) is 0 Å². The molecular weight excluding hydrogens is 286 g/mol. The summed E-state index contributed by atoms with van der Waals surface area (Å²) in [7, 11) is -2.18. The molecule has 0 saturated carbocycles. The van der Waals surface area contributed by atoms with E-state index in [2.05, 4.69) is 4.72 Å². The Bertz CT molecular complexity index is 597. The van der Waals surface area contributed by atoms with E-state index in [1.807, 2.05) is 0 Å². The zero-order valence-corrected chi connectivity index (χ0v) is 11.9. The molecule has 0 aromatic heterocycles. The SMILES string of the molecule is CC(=O)N(C)CCNS(=O)(=O)c1ccc([N+](=O)[O-])cc1. The van der Waals surface area contributed by atoms with Crippen LogP contribution in [0.15, 0.2) is 29.2 Å². The van der Waals surface area contributed by atoms with Crippen LogP contribution >= 0.6 is 0 Å². The number of rotatable bonds is 6. The molecule has 0 unspecified atom stereocenters. The van der Waals surface area contributed by atoms with Crippen molar-refractivity contribution in [2.75, 3.05) is 20.1 Å². The number of non-ortho nitro benzene ring substituents is 1. The number of likely N-dealkylation sites (N-methyl/N-ethyl adjacent to an activating group) is 1. The van der Waals surface area contributed by atoms with E-state index >= 15 is 0 Å². The second kappa shape index (κ2) is 6.44. The van der Waals surface area contributed by atoms with Gasteiger partial charge in [-0.3, -0.25) is 14.9 Å². The molecule has 20 heavy (non-hydrogen) atoms. The molecule has 9 heteroatoms. The van der Waals surface area contributed by atoms with Crippen LogP contribution in [0.2, 0.25) is 0 Å². The molecule has 0 saturated heterocycles. The van der Waals surface area contributed by atoms with Crippen molar-refractivity contribution in [1.82, 2.24) is 9.62 Å². The number of sulfonamides is 1. The van der Waals surface area contributed by atoms with Gasteiger partial charge in [-0.15, -0.1) is 0 Å². The number of carbonyl (C=O) groups excluding carboxylic acids is 1. The molecule has 1 aromatic carbocycles. The van der Waals surface area contributed by atoms with Gasteiger partial charge in [0.1, 0.15) is 0 Å². The summed E-state index contributed by atoms with van der Waals surface area (Å²) in [5.74, 6) is -0.167. The first-order chi connectivity index (χ1) is 9.24. The molecule has 0 aliphatic carbocycles. The predicted octanol–water partition coefficient (Wildman–Crippen LogP) is 0.351. The summed E-state index contributed by atoms with van der Waals surface area (Å²) in [5, 5.41) is 10.5. The zero-order chi connectivity index (χ0) is 15.3. The topological polar surface area (TPSA) is 110 Å². The van der Waals surface area contributed by atoms with Crippen LogP contribution in [0.25, 0.3) is 0 Å². The van der Waals surface area contributed by atoms with Crippen LogP contribution in [-0.4, -0.2) is 44.3 Å². The summed E-state index contributed by atoms with van der Waals surface area (Å²) < 4.78 is 26.1. The molecule has 0 bridgehead atoms. The van der Waals surface area contributed by atoms with E-state index in [-0.39, 0.29) is 29.6 Å². The maximum absolute atomic E-state index is 11.9. The van der Waals surface area contributed by atoms with Crippen molar-refractivity contribution >= 4 is 21.6 Å². The van der Waals surface area contributed by atoms with Crippen LogP contribution in [0.3, 0.4) is 0 Å². The van der Waals surface area contributed by atoms with Gasteiger partial charge in [0.2, 0.25) is 15.9 Å². The third kappa shape index (κ3) is 4.28. The highest BCUT2D eigenvalue weighted by atomic mass is 32.2. The third-order valence-corrected chi connectivity index (χ3v) is 4.11. The lowest BCUT2D eigenvalue weighted by Gasteiger charge is -2.15. The fraction of sp³-hybridized carbons (Fsp3) is 0.364. The monoisotopic (exact) mass is 301 g/mol. The molecular formula is C11H15N3O5S. The first-order valence-corrected chi connectivity index (χ1v) is 7.18. The minimum Gasteiger partial charge on any atom is -0.345 e. The number of benzene rings is 1. The minimum absolute atomic E-state index is 0.0615. The van der Waals surface area contributed by atoms with Crippen molar-refractivity contribution in [2.24, 2.45) is 0 Å². The summed E-state index contributed by atoms with van der Waals surface area (Å²) in [6.45, 7) is 1.68. The van der Waals surface area contributed by atoms with Gasteiger partial charge >= 0.3 is 0 Å². The Morgan fingerprint density at radius 1 is 1.35 bits per heavy atom. The quantitative estimate of drug-likeness (QED) is 0.602. The average Bonchev–Trinajstić information content (AvgIpc) is 2.38. The van der Waals surface area contributed by atoms with Crippen molar-refractivity contribution in [1.29, 1.82) is 0 Å². The van der Waals surface area contributed by atoms with Crippen LogP contribution < -0.4 is 4.72 Å². The molecule has 0 heterocycles. The first kappa shape index (κ1) is 16.1. The fourth-order valence-corrected chi connectivity index (χ4v) is 2.36. The fourth-order valence-electron chi connectivity index (χ4n) is 1.34. The smallest absolute Gasteiger partial charge is 0.269 e. The molecule has 0 aliphatic rings. The van der Waals surface area contributed by atoms with Gasteiger partial charge in [0, 0.05) is 39.2 Å². The van der Waals surface area contributed by atoms with Crippen LogP contribution in [0.1, 0.15) is 6.92 Å². The molecule has 110 valence electrons. The molecule has 0 radical (unpaired) electrons. The number of nitro groups is 1. The lowest BCUT2D eigenvalue weighted by molar-refractivity contribution is -0.384. The van der Waals surface area contributed by atoms with Crippen LogP contribution in [0.5, 0.6) is 0 Å². The van der Waals surface area contributed by atoms with Crippen LogP contribution in [0.4, 0.5) is 5.69 Å². The highest BCUT2D eigenvalue weighted by molar-refractivity contribution is 7.89. The van der Waals surface area contributed by atoms with E-state index < -0.39 is 14.9 Å². The average molecular weight is 301 g/mol. The van der Waals surface area contributed by atoms with E-state index in [1.54, 1.807) is 7.05 Å². The molecule has 0 spiro atoms. The molecule has 1 aromatic rings. The van der Waals surface area contributed by atoms with Crippen molar-refractivity contribution in [3.63, 3.8) is 0 Å². The Kier molecular flexibility index (Phi) is 5.17. The Morgan fingerprint density at radius 2 is 1.90 bits per heavy atom. The summed E-state index contributed by atoms with van der Waals surface area (Å²) in [6, 6.07) is 4.57. The molecule has 0 atom stereocenters. The maximum Gasteiger partial charge on any atom is 0.269 e. The standard InChI is InChI=1S/C11H15N3O5S/c1-9(15)13(2)8-7-12-20(18,19)11-5-3-10(4-6-11)14(16)17/h3-6,12H,7-8H2,1-2H3. The highest BCUT2D eigenvalue weighted by Gasteiger charge is 2.15. The predicted molar refractivity (Wildman–Crippen MR) is 71.6 cm³/mol. The van der Waals surface area contributed by atoms with Crippen molar-refractivity contribution in [3.05, 3.63) is 34.4 Å². The molecule has 8 nitrogen and oxygen atoms in total. The molecule has 1 N–H and O–H groups in total. The third-order valence-electron chi connectivity index (χ3n) is 2.63. The highest BCUT2D eigenvalue weighted by Crippen LogP contribution is 2.15. The maximum atomic E-state index is 11.9. The van der Waals surface area contributed by atoms with Crippen molar-refractivity contribution in [2.45, 2.75) is 11.8 Å². The lowest BCUT2D eigenvalue weighted by Crippen LogP contribution is -2.35. The number of carbonyl (C=O) groups is 1. The zero-order valence-electron chi connectivity index (χ0n) is 11.1. The lowest BCUT2D eigenvalue weighted by atomic mass is 10.3. The summed E-state index contributed by atoms with van der Waals surface area (Å²) >= 11 is 0. The largest absolute Gasteiger partial charge is 0.345 e. The van der Waals surface area contributed by atoms with Crippen LogP contribution in [0, 0.1) is 10.1 Å². The first-order valence-electron chi connectivity index (χ1n) is 5.70. The normalized spacial score (nSPS) is 11.1. The molecule has 0 aliphatic heterocycles. The molecule has 1 rings (SSSR count). The second-order valence-electron chi connectivity index (χ2n) is 4.09. The van der Waals surface area contributed by atoms with Crippen LogP contribution in [-0.2, 0) is 14.8 Å². The number of hydrogen-bond acceptors (Lipinski definition) is 5. The Hall–Kier alpha value is -2.00. The summed E-state index contributed by atoms with van der Waals surface area (Å²) in [4.78, 5) is 22.1. The van der Waals surface area contributed by atoms with Gasteiger partial charge in [0.25, 0.3) is 5.69 Å². The number of nitrogens with zero attached hydrogens (tertiary/aromatic N) is 2. The Morgan fingerprint density at radius 3 is 2.35 bits per heavy atom. The van der Waals surface area contributed by atoms with Gasteiger partial charge in [-0.25, -0.2) is 13.1 Å². The number of hydrogen-bond donors (Lipinski definition) is 1. The van der Waals surface area contributed by atoms with E-state index in [9.17, 15) is 23.3 Å². The number of nitro benzene ring substituents is 1. The number of nitrogens with one attached hydrogen (secondary N) is 1. The summed E-state index contributed by atoms with van der Waals surface area (Å²) in [5.41, 5.74) is -0.180. The number of amides is 1. The molecule has 0 fully saturated rings. The van der Waals surface area contributed by atoms with E-state index in [0.717, 1.165) is 24.3 Å².